The van der Waals surface area contributed by atoms with Gasteiger partial charge in [0.25, 0.3) is 0 Å². The van der Waals surface area contributed by atoms with Gasteiger partial charge in [-0.15, -0.1) is 0 Å². The lowest BCUT2D eigenvalue weighted by molar-refractivity contribution is -0.130. The highest BCUT2D eigenvalue weighted by molar-refractivity contribution is 6.32. The van der Waals surface area contributed by atoms with E-state index in [1.54, 1.807) is 14.2 Å². The molecule has 0 unspecified atom stereocenters. The Bertz CT molecular complexity index is 490. The summed E-state index contributed by atoms with van der Waals surface area (Å²) in [6.45, 7) is 3.35. The summed E-state index contributed by atoms with van der Waals surface area (Å²) in [7, 11) is 3.36. The second-order valence-electron chi connectivity index (χ2n) is 4.79. The van der Waals surface area contributed by atoms with Crippen LogP contribution in [0.2, 0.25) is 5.02 Å². The van der Waals surface area contributed by atoms with Crippen LogP contribution in [-0.2, 0) is 4.79 Å². The fourth-order valence-corrected chi connectivity index (χ4v) is 2.53. The zero-order valence-corrected chi connectivity index (χ0v) is 13.1. The Morgan fingerprint density at radius 2 is 2.05 bits per heavy atom. The van der Waals surface area contributed by atoms with Crippen LogP contribution in [0.25, 0.3) is 0 Å². The SMILES string of the molecule is CNNCC(=O)N1CCN(c2ccc(Cl)c(OC)c2)CC1. The van der Waals surface area contributed by atoms with Gasteiger partial charge in [-0.2, -0.15) is 0 Å². The summed E-state index contributed by atoms with van der Waals surface area (Å²) in [6.07, 6.45) is 0. The van der Waals surface area contributed by atoms with Crippen molar-refractivity contribution in [3.63, 3.8) is 0 Å². The molecule has 1 fully saturated rings. The van der Waals surface area contributed by atoms with Crippen molar-refractivity contribution in [2.45, 2.75) is 0 Å². The fourth-order valence-electron chi connectivity index (χ4n) is 2.34. The molecule has 1 aliphatic rings. The third-order valence-electron chi connectivity index (χ3n) is 3.55. The summed E-state index contributed by atoms with van der Waals surface area (Å²) in [6, 6.07) is 5.75. The van der Waals surface area contributed by atoms with Gasteiger partial charge in [0.15, 0.2) is 0 Å². The van der Waals surface area contributed by atoms with Crippen LogP contribution in [-0.4, -0.2) is 57.7 Å². The molecule has 7 heteroatoms. The number of nitrogens with one attached hydrogen (secondary N) is 2. The summed E-state index contributed by atoms with van der Waals surface area (Å²) >= 11 is 6.04. The maximum Gasteiger partial charge on any atom is 0.238 e. The van der Waals surface area contributed by atoms with Crippen LogP contribution in [0.3, 0.4) is 0 Å². The van der Waals surface area contributed by atoms with Crippen LogP contribution in [0, 0.1) is 0 Å². The number of carbonyl (C=O) groups excluding carboxylic acids is 1. The molecular formula is C14H21ClN4O2. The molecule has 0 aromatic heterocycles. The van der Waals surface area contributed by atoms with Gasteiger partial charge in [0, 0.05) is 37.9 Å². The Hall–Kier alpha value is -1.50. The summed E-state index contributed by atoms with van der Waals surface area (Å²) in [5.41, 5.74) is 6.65. The molecule has 1 amide bonds. The number of halogens is 1. The second-order valence-corrected chi connectivity index (χ2v) is 5.20. The Kier molecular flexibility index (Phi) is 5.67. The fraction of sp³-hybridized carbons (Fsp3) is 0.500. The van der Waals surface area contributed by atoms with E-state index in [4.69, 9.17) is 16.3 Å². The van der Waals surface area contributed by atoms with Gasteiger partial charge in [-0.05, 0) is 19.2 Å². The minimum atomic E-state index is 0.109. The van der Waals surface area contributed by atoms with E-state index < -0.39 is 0 Å². The normalized spacial score (nSPS) is 15.2. The first-order chi connectivity index (χ1) is 10.2. The van der Waals surface area contributed by atoms with Gasteiger partial charge in [-0.1, -0.05) is 11.6 Å². The first-order valence-corrected chi connectivity index (χ1v) is 7.29. The maximum absolute atomic E-state index is 11.9. The average Bonchev–Trinajstić information content (AvgIpc) is 2.53. The van der Waals surface area contributed by atoms with Crippen molar-refractivity contribution in [2.24, 2.45) is 0 Å². The van der Waals surface area contributed by atoms with E-state index in [9.17, 15) is 4.79 Å². The summed E-state index contributed by atoms with van der Waals surface area (Å²) in [4.78, 5) is 16.0. The second kappa shape index (κ2) is 7.49. The number of piperazine rings is 1. The minimum absolute atomic E-state index is 0.109. The van der Waals surface area contributed by atoms with Crippen molar-refractivity contribution < 1.29 is 9.53 Å². The summed E-state index contributed by atoms with van der Waals surface area (Å²) in [5, 5.41) is 0.605. The highest BCUT2D eigenvalue weighted by atomic mass is 35.5. The number of ether oxygens (including phenoxy) is 1. The van der Waals surface area contributed by atoms with E-state index in [0.29, 0.717) is 17.3 Å². The number of rotatable bonds is 5. The number of nitrogens with zero attached hydrogens (tertiary/aromatic N) is 2. The monoisotopic (exact) mass is 312 g/mol. The topological polar surface area (TPSA) is 56.8 Å². The predicted octanol–water partition coefficient (Wildman–Crippen LogP) is 0.721. The van der Waals surface area contributed by atoms with Crippen molar-refractivity contribution in [3.8, 4) is 5.75 Å². The number of hydrazine groups is 1. The molecule has 0 aliphatic carbocycles. The number of methoxy groups -OCH3 is 1. The first-order valence-electron chi connectivity index (χ1n) is 6.91. The third-order valence-corrected chi connectivity index (χ3v) is 3.86. The van der Waals surface area contributed by atoms with E-state index in [1.807, 2.05) is 23.1 Å². The van der Waals surface area contributed by atoms with Gasteiger partial charge >= 0.3 is 0 Å². The van der Waals surface area contributed by atoms with Crippen LogP contribution in [0.5, 0.6) is 5.75 Å². The molecule has 0 atom stereocenters. The molecule has 116 valence electrons. The zero-order chi connectivity index (χ0) is 15.2. The Balaban J connectivity index is 1.93. The molecule has 6 nitrogen and oxygen atoms in total. The first kappa shape index (κ1) is 15.9. The van der Waals surface area contributed by atoms with Crippen LogP contribution in [0.15, 0.2) is 18.2 Å². The molecular weight excluding hydrogens is 292 g/mol. The Labute approximate surface area is 130 Å². The zero-order valence-electron chi connectivity index (χ0n) is 12.4. The van der Waals surface area contributed by atoms with E-state index in [1.165, 1.54) is 0 Å². The molecule has 1 aromatic carbocycles. The van der Waals surface area contributed by atoms with Crippen molar-refractivity contribution in [3.05, 3.63) is 23.2 Å². The molecule has 1 aromatic rings. The van der Waals surface area contributed by atoms with Crippen LogP contribution < -0.4 is 20.5 Å². The Morgan fingerprint density at radius 1 is 1.33 bits per heavy atom. The highest BCUT2D eigenvalue weighted by Gasteiger charge is 2.21. The molecule has 0 bridgehead atoms. The van der Waals surface area contributed by atoms with Gasteiger partial charge in [0.1, 0.15) is 5.75 Å². The average molecular weight is 313 g/mol. The van der Waals surface area contributed by atoms with E-state index in [2.05, 4.69) is 15.8 Å². The molecule has 2 rings (SSSR count). The molecule has 1 saturated heterocycles. The number of amides is 1. The van der Waals surface area contributed by atoms with Gasteiger partial charge in [-0.3, -0.25) is 10.2 Å². The van der Waals surface area contributed by atoms with Crippen molar-refractivity contribution in [2.75, 3.05) is 51.8 Å². The highest BCUT2D eigenvalue weighted by Crippen LogP contribution is 2.29. The van der Waals surface area contributed by atoms with Gasteiger partial charge in [0.2, 0.25) is 5.91 Å². The van der Waals surface area contributed by atoms with Crippen LogP contribution >= 0.6 is 11.6 Å². The quantitative estimate of drug-likeness (QED) is 0.785. The largest absolute Gasteiger partial charge is 0.495 e. The van der Waals surface area contributed by atoms with Crippen LogP contribution in [0.4, 0.5) is 5.69 Å². The lowest BCUT2D eigenvalue weighted by Gasteiger charge is -2.36. The number of benzene rings is 1. The standard InChI is InChI=1S/C14H21ClN4O2/c1-16-17-10-14(20)19-7-5-18(6-8-19)11-3-4-12(15)13(9-11)21-2/h3-4,9,16-17H,5-8,10H2,1-2H3. The number of hydrogen-bond donors (Lipinski definition) is 2. The molecule has 21 heavy (non-hydrogen) atoms. The molecule has 1 aliphatic heterocycles. The molecule has 0 radical (unpaired) electrons. The van der Waals surface area contributed by atoms with E-state index in [-0.39, 0.29) is 5.91 Å². The van der Waals surface area contributed by atoms with E-state index >= 15 is 0 Å². The maximum atomic E-state index is 11.9. The summed E-state index contributed by atoms with van der Waals surface area (Å²) < 4.78 is 5.24. The van der Waals surface area contributed by atoms with Gasteiger partial charge < -0.3 is 14.5 Å². The van der Waals surface area contributed by atoms with Gasteiger partial charge in [0.05, 0.1) is 18.7 Å². The molecule has 1 heterocycles. The van der Waals surface area contributed by atoms with E-state index in [0.717, 1.165) is 31.9 Å². The number of hydrogen-bond acceptors (Lipinski definition) is 5. The lowest BCUT2D eigenvalue weighted by Crippen LogP contribution is -2.51. The van der Waals surface area contributed by atoms with Crippen molar-refractivity contribution in [1.82, 2.24) is 15.8 Å². The third kappa shape index (κ3) is 4.00. The molecule has 2 N–H and O–H groups in total. The molecule has 0 saturated carbocycles. The minimum Gasteiger partial charge on any atom is -0.495 e. The molecule has 0 spiro atoms. The lowest BCUT2D eigenvalue weighted by atomic mass is 10.2. The number of carbonyl (C=O) groups is 1. The summed E-state index contributed by atoms with van der Waals surface area (Å²) in [5.74, 6) is 0.781. The Morgan fingerprint density at radius 3 is 2.67 bits per heavy atom. The van der Waals surface area contributed by atoms with Gasteiger partial charge in [-0.25, -0.2) is 5.43 Å². The smallest absolute Gasteiger partial charge is 0.238 e. The number of anilines is 1. The van der Waals surface area contributed by atoms with Crippen molar-refractivity contribution in [1.29, 1.82) is 0 Å². The van der Waals surface area contributed by atoms with Crippen molar-refractivity contribution >= 4 is 23.2 Å². The van der Waals surface area contributed by atoms with Crippen LogP contribution in [0.1, 0.15) is 0 Å². The predicted molar refractivity (Wildman–Crippen MR) is 83.9 cm³/mol.